The zero-order chi connectivity index (χ0) is 26.6. The van der Waals surface area contributed by atoms with Crippen molar-refractivity contribution in [3.63, 3.8) is 0 Å². The number of nitrogens with zero attached hydrogens (tertiary/aromatic N) is 1. The molecule has 1 aliphatic carbocycles. The van der Waals surface area contributed by atoms with E-state index in [-0.39, 0.29) is 23.6 Å². The van der Waals surface area contributed by atoms with E-state index in [0.29, 0.717) is 30.9 Å². The summed E-state index contributed by atoms with van der Waals surface area (Å²) in [5.74, 6) is -0.227. The molecule has 2 aliphatic rings. The summed E-state index contributed by atoms with van der Waals surface area (Å²) in [6.45, 7) is 0.402. The van der Waals surface area contributed by atoms with Gasteiger partial charge in [0.25, 0.3) is 0 Å². The molecule has 1 aliphatic heterocycles. The number of rotatable bonds is 5. The lowest BCUT2D eigenvalue weighted by Gasteiger charge is -2.31. The first-order chi connectivity index (χ1) is 17.7. The van der Waals surface area contributed by atoms with Gasteiger partial charge in [-0.2, -0.15) is 13.2 Å². The van der Waals surface area contributed by atoms with Gasteiger partial charge < -0.3 is 20.3 Å². The second-order valence-electron chi connectivity index (χ2n) is 9.53. The van der Waals surface area contributed by atoms with Gasteiger partial charge in [-0.05, 0) is 86.4 Å². The number of urea groups is 1. The standard InChI is InChI=1S/C27H30F3N3O4/c1-37-25(35)19-6-4-17(5-7-19)18-8-12-21(13-9-18)31-24(34)23-3-2-16-33(23)26(36)32-22-14-10-20(11-15-22)27(28,29)30/h4-7,10-11,14-15,18,21,23H,2-3,8-9,12-13,16H2,1H3,(H,31,34)(H,32,36)/t18?,21?,23-/m1/s1. The highest BCUT2D eigenvalue weighted by Gasteiger charge is 2.36. The minimum absolute atomic E-state index is 0.0125. The Morgan fingerprint density at radius 2 is 1.57 bits per heavy atom. The third kappa shape index (κ3) is 6.42. The number of carbonyl (C=O) groups is 3. The normalized spacial score (nSPS) is 21.8. The topological polar surface area (TPSA) is 87.7 Å². The van der Waals surface area contributed by atoms with Crippen molar-refractivity contribution in [1.29, 1.82) is 0 Å². The average molecular weight is 518 g/mol. The summed E-state index contributed by atoms with van der Waals surface area (Å²) in [4.78, 5) is 38.9. The molecule has 1 heterocycles. The van der Waals surface area contributed by atoms with Crippen LogP contribution in [0.3, 0.4) is 0 Å². The Balaban J connectivity index is 1.28. The minimum atomic E-state index is -4.45. The number of nitrogens with one attached hydrogen (secondary N) is 2. The lowest BCUT2D eigenvalue weighted by Crippen LogP contribution is -2.50. The number of hydrogen-bond acceptors (Lipinski definition) is 4. The predicted molar refractivity (Wildman–Crippen MR) is 131 cm³/mol. The van der Waals surface area contributed by atoms with E-state index in [0.717, 1.165) is 43.4 Å². The number of amides is 3. The first-order valence-corrected chi connectivity index (χ1v) is 12.4. The van der Waals surface area contributed by atoms with Crippen molar-refractivity contribution in [2.75, 3.05) is 19.0 Å². The number of benzene rings is 2. The van der Waals surface area contributed by atoms with E-state index in [1.165, 1.54) is 24.1 Å². The number of methoxy groups -OCH3 is 1. The van der Waals surface area contributed by atoms with Crippen LogP contribution in [0.15, 0.2) is 48.5 Å². The van der Waals surface area contributed by atoms with E-state index in [4.69, 9.17) is 4.74 Å². The number of anilines is 1. The highest BCUT2D eigenvalue weighted by molar-refractivity contribution is 5.94. The van der Waals surface area contributed by atoms with Crippen LogP contribution >= 0.6 is 0 Å². The largest absolute Gasteiger partial charge is 0.465 e. The van der Waals surface area contributed by atoms with Crippen LogP contribution in [0.2, 0.25) is 0 Å². The van der Waals surface area contributed by atoms with Crippen molar-refractivity contribution in [2.24, 2.45) is 0 Å². The van der Waals surface area contributed by atoms with Crippen LogP contribution in [0, 0.1) is 0 Å². The van der Waals surface area contributed by atoms with Gasteiger partial charge in [-0.15, -0.1) is 0 Å². The van der Waals surface area contributed by atoms with Crippen molar-refractivity contribution in [1.82, 2.24) is 10.2 Å². The van der Waals surface area contributed by atoms with Crippen LogP contribution in [0.5, 0.6) is 0 Å². The monoisotopic (exact) mass is 517 g/mol. The molecular weight excluding hydrogens is 487 g/mol. The maximum absolute atomic E-state index is 13.0. The molecular formula is C27H30F3N3O4. The zero-order valence-corrected chi connectivity index (χ0v) is 20.5. The fourth-order valence-electron chi connectivity index (χ4n) is 5.10. The summed E-state index contributed by atoms with van der Waals surface area (Å²) in [5, 5.41) is 5.69. The highest BCUT2D eigenvalue weighted by atomic mass is 19.4. The van der Waals surface area contributed by atoms with Gasteiger partial charge in [0.15, 0.2) is 0 Å². The molecule has 1 saturated carbocycles. The summed E-state index contributed by atoms with van der Waals surface area (Å²) in [6, 6.07) is 10.5. The maximum Gasteiger partial charge on any atom is 0.416 e. The van der Waals surface area contributed by atoms with Crippen molar-refractivity contribution in [2.45, 2.75) is 62.7 Å². The van der Waals surface area contributed by atoms with Crippen molar-refractivity contribution >= 4 is 23.6 Å². The quantitative estimate of drug-likeness (QED) is 0.525. The molecule has 2 aromatic carbocycles. The molecule has 3 amide bonds. The number of likely N-dealkylation sites (tertiary alicyclic amines) is 1. The Morgan fingerprint density at radius 1 is 0.919 bits per heavy atom. The summed E-state index contributed by atoms with van der Waals surface area (Å²) in [5.41, 5.74) is 1.11. The van der Waals surface area contributed by atoms with E-state index in [1.807, 2.05) is 12.1 Å². The smallest absolute Gasteiger partial charge is 0.416 e. The molecule has 0 bridgehead atoms. The Hall–Kier alpha value is -3.56. The molecule has 2 fully saturated rings. The number of ether oxygens (including phenoxy) is 1. The second-order valence-corrected chi connectivity index (χ2v) is 9.53. The maximum atomic E-state index is 13.0. The molecule has 1 atom stereocenters. The molecule has 2 N–H and O–H groups in total. The highest BCUT2D eigenvalue weighted by Crippen LogP contribution is 2.33. The van der Waals surface area contributed by atoms with Crippen LogP contribution in [0.1, 0.15) is 65.9 Å². The Morgan fingerprint density at radius 3 is 2.16 bits per heavy atom. The molecule has 1 saturated heterocycles. The van der Waals surface area contributed by atoms with E-state index in [1.54, 1.807) is 12.1 Å². The van der Waals surface area contributed by atoms with E-state index < -0.39 is 23.8 Å². The zero-order valence-electron chi connectivity index (χ0n) is 20.5. The fraction of sp³-hybridized carbons (Fsp3) is 0.444. The molecule has 10 heteroatoms. The third-order valence-corrected chi connectivity index (χ3v) is 7.16. The van der Waals surface area contributed by atoms with Gasteiger partial charge in [0.2, 0.25) is 5.91 Å². The van der Waals surface area contributed by atoms with Gasteiger partial charge in [-0.25, -0.2) is 9.59 Å². The SMILES string of the molecule is COC(=O)c1ccc(C2CCC(NC(=O)[C@H]3CCCN3C(=O)Nc3ccc(C(F)(F)F)cc3)CC2)cc1. The molecule has 198 valence electrons. The first-order valence-electron chi connectivity index (χ1n) is 12.4. The summed E-state index contributed by atoms with van der Waals surface area (Å²) in [7, 11) is 1.35. The molecule has 0 radical (unpaired) electrons. The van der Waals surface area contributed by atoms with Crippen molar-refractivity contribution in [3.8, 4) is 0 Å². The van der Waals surface area contributed by atoms with Gasteiger partial charge in [0.05, 0.1) is 18.2 Å². The van der Waals surface area contributed by atoms with Gasteiger partial charge in [0.1, 0.15) is 6.04 Å². The van der Waals surface area contributed by atoms with Crippen LogP contribution in [-0.2, 0) is 15.7 Å². The minimum Gasteiger partial charge on any atom is -0.465 e. The Kier molecular flexibility index (Phi) is 8.04. The van der Waals surface area contributed by atoms with E-state index in [2.05, 4.69) is 10.6 Å². The lowest BCUT2D eigenvalue weighted by molar-refractivity contribution is -0.137. The molecule has 0 unspecified atom stereocenters. The summed E-state index contributed by atoms with van der Waals surface area (Å²) >= 11 is 0. The summed E-state index contributed by atoms with van der Waals surface area (Å²) in [6.07, 6.45) is 0.159. The van der Waals surface area contributed by atoms with E-state index >= 15 is 0 Å². The van der Waals surface area contributed by atoms with E-state index in [9.17, 15) is 27.6 Å². The molecule has 7 nitrogen and oxygen atoms in total. The van der Waals surface area contributed by atoms with Crippen molar-refractivity contribution in [3.05, 3.63) is 65.2 Å². The van der Waals surface area contributed by atoms with Crippen LogP contribution in [0.25, 0.3) is 0 Å². The van der Waals surface area contributed by atoms with Gasteiger partial charge >= 0.3 is 18.2 Å². The number of carbonyl (C=O) groups excluding carboxylic acids is 3. The van der Waals surface area contributed by atoms with Gasteiger partial charge in [0, 0.05) is 18.3 Å². The van der Waals surface area contributed by atoms with Crippen LogP contribution in [0.4, 0.5) is 23.7 Å². The van der Waals surface area contributed by atoms with Gasteiger partial charge in [-0.3, -0.25) is 4.79 Å². The lowest BCUT2D eigenvalue weighted by atomic mass is 9.81. The second kappa shape index (κ2) is 11.2. The number of esters is 1. The Labute approximate surface area is 213 Å². The van der Waals surface area contributed by atoms with Crippen molar-refractivity contribution < 1.29 is 32.3 Å². The number of halogens is 3. The predicted octanol–water partition coefficient (Wildman–Crippen LogP) is 5.33. The Bertz CT molecular complexity index is 1110. The van der Waals surface area contributed by atoms with Gasteiger partial charge in [-0.1, -0.05) is 12.1 Å². The van der Waals surface area contributed by atoms with Crippen LogP contribution < -0.4 is 10.6 Å². The molecule has 0 spiro atoms. The molecule has 0 aromatic heterocycles. The molecule has 4 rings (SSSR count). The fourth-order valence-corrected chi connectivity index (χ4v) is 5.10. The summed E-state index contributed by atoms with van der Waals surface area (Å²) < 4.78 is 43.0. The molecule has 2 aromatic rings. The first kappa shape index (κ1) is 26.5. The molecule has 37 heavy (non-hydrogen) atoms. The number of alkyl halides is 3. The number of hydrogen-bond donors (Lipinski definition) is 2. The average Bonchev–Trinajstić information content (AvgIpc) is 3.39. The van der Waals surface area contributed by atoms with Crippen LogP contribution in [-0.4, -0.2) is 48.5 Å². The third-order valence-electron chi connectivity index (χ3n) is 7.16.